The quantitative estimate of drug-likeness (QED) is 0.819. The lowest BCUT2D eigenvalue weighted by Crippen LogP contribution is -2.35. The summed E-state index contributed by atoms with van der Waals surface area (Å²) >= 11 is 0. The minimum absolute atomic E-state index is 0.0621. The second-order valence-corrected chi connectivity index (χ2v) is 5.88. The third-order valence-corrected chi connectivity index (χ3v) is 2.74. The van der Waals surface area contributed by atoms with Crippen molar-refractivity contribution in [2.45, 2.75) is 46.7 Å². The number of esters is 1. The SMILES string of the molecule is CCOC(=O)c1ccc(NC(C)=O)c(CNC(C)(C)C)c1. The normalized spacial score (nSPS) is 11.1. The first-order chi connectivity index (χ1) is 9.73. The zero-order chi connectivity index (χ0) is 16.0. The van der Waals surface area contributed by atoms with Crippen LogP contribution in [0.5, 0.6) is 0 Å². The maximum atomic E-state index is 11.8. The van der Waals surface area contributed by atoms with Gasteiger partial charge < -0.3 is 15.4 Å². The molecule has 0 unspecified atom stereocenters. The summed E-state index contributed by atoms with van der Waals surface area (Å²) in [5.41, 5.74) is 1.97. The molecule has 1 rings (SSSR count). The van der Waals surface area contributed by atoms with Crippen LogP contribution in [0.4, 0.5) is 5.69 Å². The van der Waals surface area contributed by atoms with E-state index in [1.807, 2.05) is 0 Å². The van der Waals surface area contributed by atoms with Gasteiger partial charge in [-0.15, -0.1) is 0 Å². The van der Waals surface area contributed by atoms with Crippen molar-refractivity contribution < 1.29 is 14.3 Å². The van der Waals surface area contributed by atoms with Gasteiger partial charge in [0.25, 0.3) is 0 Å². The van der Waals surface area contributed by atoms with Crippen molar-refractivity contribution in [2.75, 3.05) is 11.9 Å². The van der Waals surface area contributed by atoms with Crippen LogP contribution < -0.4 is 10.6 Å². The predicted molar refractivity (Wildman–Crippen MR) is 83.3 cm³/mol. The van der Waals surface area contributed by atoms with Crippen molar-refractivity contribution in [3.63, 3.8) is 0 Å². The minimum atomic E-state index is -0.358. The Kier molecular flexibility index (Phi) is 5.90. The van der Waals surface area contributed by atoms with Gasteiger partial charge in [0.1, 0.15) is 0 Å². The summed E-state index contributed by atoms with van der Waals surface area (Å²) in [4.78, 5) is 23.1. The molecular formula is C16H24N2O3. The van der Waals surface area contributed by atoms with Gasteiger partial charge in [0.05, 0.1) is 12.2 Å². The molecule has 0 aliphatic heterocycles. The first-order valence-electron chi connectivity index (χ1n) is 7.05. The molecular weight excluding hydrogens is 268 g/mol. The summed E-state index contributed by atoms with van der Waals surface area (Å²) in [5, 5.41) is 6.12. The van der Waals surface area contributed by atoms with E-state index in [0.29, 0.717) is 24.4 Å². The fraction of sp³-hybridized carbons (Fsp3) is 0.500. The summed E-state index contributed by atoms with van der Waals surface area (Å²) in [6.07, 6.45) is 0. The van der Waals surface area contributed by atoms with E-state index in [-0.39, 0.29) is 17.4 Å². The molecule has 5 nitrogen and oxygen atoms in total. The molecule has 21 heavy (non-hydrogen) atoms. The Labute approximate surface area is 126 Å². The average Bonchev–Trinajstić information content (AvgIpc) is 2.36. The molecule has 0 saturated carbocycles. The molecule has 2 N–H and O–H groups in total. The number of rotatable bonds is 5. The smallest absolute Gasteiger partial charge is 0.338 e. The highest BCUT2D eigenvalue weighted by Crippen LogP contribution is 2.19. The van der Waals surface area contributed by atoms with Gasteiger partial charge in [-0.1, -0.05) is 0 Å². The molecule has 1 amide bonds. The van der Waals surface area contributed by atoms with Crippen molar-refractivity contribution in [2.24, 2.45) is 0 Å². The Balaban J connectivity index is 3.03. The highest BCUT2D eigenvalue weighted by Gasteiger charge is 2.14. The van der Waals surface area contributed by atoms with E-state index in [0.717, 1.165) is 5.56 Å². The maximum absolute atomic E-state index is 11.8. The summed E-state index contributed by atoms with van der Waals surface area (Å²) < 4.78 is 5.00. The van der Waals surface area contributed by atoms with Gasteiger partial charge in [-0.05, 0) is 51.5 Å². The molecule has 0 aliphatic rings. The Morgan fingerprint density at radius 2 is 1.90 bits per heavy atom. The van der Waals surface area contributed by atoms with Crippen LogP contribution in [-0.2, 0) is 16.1 Å². The molecule has 116 valence electrons. The number of anilines is 1. The van der Waals surface area contributed by atoms with Crippen LogP contribution in [0.3, 0.4) is 0 Å². The lowest BCUT2D eigenvalue weighted by Gasteiger charge is -2.22. The van der Waals surface area contributed by atoms with E-state index in [9.17, 15) is 9.59 Å². The monoisotopic (exact) mass is 292 g/mol. The fourth-order valence-electron chi connectivity index (χ4n) is 1.75. The first-order valence-corrected chi connectivity index (χ1v) is 7.05. The van der Waals surface area contributed by atoms with Crippen molar-refractivity contribution in [3.8, 4) is 0 Å². The van der Waals surface area contributed by atoms with Gasteiger partial charge >= 0.3 is 5.97 Å². The summed E-state index contributed by atoms with van der Waals surface area (Å²) in [6, 6.07) is 5.14. The molecule has 0 fully saturated rings. The fourth-order valence-corrected chi connectivity index (χ4v) is 1.75. The molecule has 0 radical (unpaired) electrons. The molecule has 0 aromatic heterocycles. The molecule has 0 spiro atoms. The van der Waals surface area contributed by atoms with Crippen molar-refractivity contribution in [1.82, 2.24) is 5.32 Å². The Morgan fingerprint density at radius 1 is 1.24 bits per heavy atom. The minimum Gasteiger partial charge on any atom is -0.462 e. The number of nitrogens with one attached hydrogen (secondary N) is 2. The van der Waals surface area contributed by atoms with E-state index < -0.39 is 0 Å². The van der Waals surface area contributed by atoms with E-state index in [1.165, 1.54) is 6.92 Å². The largest absolute Gasteiger partial charge is 0.462 e. The molecule has 0 aliphatic carbocycles. The van der Waals surface area contributed by atoms with E-state index in [2.05, 4.69) is 31.4 Å². The van der Waals surface area contributed by atoms with Crippen LogP contribution in [-0.4, -0.2) is 24.0 Å². The van der Waals surface area contributed by atoms with Crippen LogP contribution in [0, 0.1) is 0 Å². The van der Waals surface area contributed by atoms with Gasteiger partial charge in [-0.25, -0.2) is 4.79 Å². The zero-order valence-electron chi connectivity index (χ0n) is 13.4. The maximum Gasteiger partial charge on any atom is 0.338 e. The molecule has 0 saturated heterocycles. The number of ether oxygens (including phenoxy) is 1. The average molecular weight is 292 g/mol. The number of hydrogen-bond donors (Lipinski definition) is 2. The number of hydrogen-bond acceptors (Lipinski definition) is 4. The van der Waals surface area contributed by atoms with E-state index >= 15 is 0 Å². The van der Waals surface area contributed by atoms with Crippen molar-refractivity contribution >= 4 is 17.6 Å². The van der Waals surface area contributed by atoms with E-state index in [4.69, 9.17) is 4.74 Å². The molecule has 0 atom stereocenters. The number of amides is 1. The molecule has 0 heterocycles. The third-order valence-electron chi connectivity index (χ3n) is 2.74. The summed E-state index contributed by atoms with van der Waals surface area (Å²) in [6.45, 7) is 10.3. The predicted octanol–water partition coefficient (Wildman–Crippen LogP) is 2.71. The van der Waals surface area contributed by atoms with E-state index in [1.54, 1.807) is 25.1 Å². The van der Waals surface area contributed by atoms with Crippen molar-refractivity contribution in [1.29, 1.82) is 0 Å². The number of carbonyl (C=O) groups is 2. The zero-order valence-corrected chi connectivity index (χ0v) is 13.4. The lowest BCUT2D eigenvalue weighted by molar-refractivity contribution is -0.114. The van der Waals surface area contributed by atoms with Gasteiger partial charge in [0, 0.05) is 24.7 Å². The van der Waals surface area contributed by atoms with Gasteiger partial charge in [0.15, 0.2) is 0 Å². The highest BCUT2D eigenvalue weighted by atomic mass is 16.5. The number of benzene rings is 1. The Morgan fingerprint density at radius 3 is 2.43 bits per heavy atom. The molecule has 5 heteroatoms. The van der Waals surface area contributed by atoms with Gasteiger partial charge in [-0.2, -0.15) is 0 Å². The van der Waals surface area contributed by atoms with Crippen LogP contribution in [0.2, 0.25) is 0 Å². The molecule has 1 aromatic carbocycles. The lowest BCUT2D eigenvalue weighted by atomic mass is 10.1. The van der Waals surface area contributed by atoms with Gasteiger partial charge in [0.2, 0.25) is 5.91 Å². The second kappa shape index (κ2) is 7.22. The standard InChI is InChI=1S/C16H24N2O3/c1-6-21-15(20)12-7-8-14(18-11(2)19)13(9-12)10-17-16(3,4)5/h7-9,17H,6,10H2,1-5H3,(H,18,19). The van der Waals surface area contributed by atoms with Crippen molar-refractivity contribution in [3.05, 3.63) is 29.3 Å². The first kappa shape index (κ1) is 17.2. The van der Waals surface area contributed by atoms with Crippen LogP contribution in [0.25, 0.3) is 0 Å². The Bertz CT molecular complexity index is 519. The van der Waals surface area contributed by atoms with Crippen LogP contribution in [0.1, 0.15) is 50.5 Å². The topological polar surface area (TPSA) is 67.4 Å². The van der Waals surface area contributed by atoms with Crippen LogP contribution >= 0.6 is 0 Å². The highest BCUT2D eigenvalue weighted by molar-refractivity contribution is 5.93. The number of carbonyl (C=O) groups excluding carboxylic acids is 2. The summed E-state index contributed by atoms with van der Waals surface area (Å²) in [5.74, 6) is -0.500. The third kappa shape index (κ3) is 5.95. The van der Waals surface area contributed by atoms with Crippen LogP contribution in [0.15, 0.2) is 18.2 Å². The second-order valence-electron chi connectivity index (χ2n) is 5.88. The summed E-state index contributed by atoms with van der Waals surface area (Å²) in [7, 11) is 0. The van der Waals surface area contributed by atoms with Gasteiger partial charge in [-0.3, -0.25) is 4.79 Å². The Hall–Kier alpha value is -1.88. The molecule has 0 bridgehead atoms. The molecule has 1 aromatic rings.